The average Bonchev–Trinajstić information content (AvgIpc) is 2.33. The Morgan fingerprint density at radius 1 is 1.12 bits per heavy atom. The van der Waals surface area contributed by atoms with Gasteiger partial charge in [0, 0.05) is 0 Å². The van der Waals surface area contributed by atoms with Crippen molar-refractivity contribution in [3.05, 3.63) is 24.0 Å². The molecule has 0 unspecified atom stereocenters. The first-order valence-corrected chi connectivity index (χ1v) is 6.41. The van der Waals surface area contributed by atoms with E-state index in [-0.39, 0.29) is 0 Å². The van der Waals surface area contributed by atoms with E-state index in [9.17, 15) is 0 Å². The van der Waals surface area contributed by atoms with Gasteiger partial charge in [0.2, 0.25) is 0 Å². The number of pyridine rings is 1. The fourth-order valence-electron chi connectivity index (χ4n) is 2.25. The summed E-state index contributed by atoms with van der Waals surface area (Å²) >= 11 is 0. The molecule has 0 N–H and O–H groups in total. The van der Waals surface area contributed by atoms with Crippen LogP contribution in [0.25, 0.3) is 0 Å². The SMILES string of the molecule is N#Cc1ccc(OC2CCCCCCC2)cn1. The lowest BCUT2D eigenvalue weighted by Crippen LogP contribution is -2.17. The van der Waals surface area contributed by atoms with Gasteiger partial charge in [-0.2, -0.15) is 5.26 Å². The van der Waals surface area contributed by atoms with Crippen molar-refractivity contribution >= 4 is 0 Å². The van der Waals surface area contributed by atoms with Gasteiger partial charge in [0.15, 0.2) is 0 Å². The van der Waals surface area contributed by atoms with Crippen LogP contribution in [0.5, 0.6) is 5.75 Å². The number of hydrogen-bond donors (Lipinski definition) is 0. The van der Waals surface area contributed by atoms with Crippen molar-refractivity contribution in [2.45, 2.75) is 51.0 Å². The lowest BCUT2D eigenvalue weighted by atomic mass is 9.98. The smallest absolute Gasteiger partial charge is 0.140 e. The Balaban J connectivity index is 1.91. The molecular weight excluding hydrogens is 212 g/mol. The van der Waals surface area contributed by atoms with Crippen LogP contribution in [0.15, 0.2) is 18.3 Å². The van der Waals surface area contributed by atoms with E-state index in [1.165, 1.54) is 32.1 Å². The van der Waals surface area contributed by atoms with Gasteiger partial charge in [-0.1, -0.05) is 19.3 Å². The highest BCUT2D eigenvalue weighted by Gasteiger charge is 2.12. The number of ether oxygens (including phenoxy) is 1. The summed E-state index contributed by atoms with van der Waals surface area (Å²) in [5.41, 5.74) is 0.440. The second kappa shape index (κ2) is 6.24. The van der Waals surface area contributed by atoms with Crippen molar-refractivity contribution in [2.75, 3.05) is 0 Å². The predicted octanol–water partition coefficient (Wildman–Crippen LogP) is 3.44. The highest BCUT2D eigenvalue weighted by molar-refractivity contribution is 5.26. The van der Waals surface area contributed by atoms with E-state index < -0.39 is 0 Å². The van der Waals surface area contributed by atoms with E-state index in [1.807, 2.05) is 12.1 Å². The summed E-state index contributed by atoms with van der Waals surface area (Å²) < 4.78 is 5.92. The van der Waals surface area contributed by atoms with Crippen LogP contribution in [0.2, 0.25) is 0 Å². The van der Waals surface area contributed by atoms with Crippen LogP contribution in [0.3, 0.4) is 0 Å². The lowest BCUT2D eigenvalue weighted by molar-refractivity contribution is 0.166. The molecule has 3 nitrogen and oxygen atoms in total. The van der Waals surface area contributed by atoms with E-state index in [4.69, 9.17) is 10.00 Å². The molecule has 1 fully saturated rings. The van der Waals surface area contributed by atoms with Gasteiger partial charge in [0.1, 0.15) is 17.5 Å². The molecule has 3 heteroatoms. The van der Waals surface area contributed by atoms with Crippen molar-refractivity contribution < 1.29 is 4.74 Å². The molecule has 0 aromatic carbocycles. The van der Waals surface area contributed by atoms with E-state index in [0.29, 0.717) is 11.8 Å². The van der Waals surface area contributed by atoms with Crippen molar-refractivity contribution in [1.82, 2.24) is 4.98 Å². The van der Waals surface area contributed by atoms with Gasteiger partial charge in [0.25, 0.3) is 0 Å². The number of aromatic nitrogens is 1. The van der Waals surface area contributed by atoms with Gasteiger partial charge < -0.3 is 4.74 Å². The van der Waals surface area contributed by atoms with Gasteiger partial charge in [-0.05, 0) is 37.8 Å². The maximum absolute atomic E-state index is 8.67. The molecule has 0 aliphatic heterocycles. The Labute approximate surface area is 102 Å². The monoisotopic (exact) mass is 230 g/mol. The molecule has 0 radical (unpaired) electrons. The predicted molar refractivity (Wildman–Crippen MR) is 65.7 cm³/mol. The highest BCUT2D eigenvalue weighted by atomic mass is 16.5. The van der Waals surface area contributed by atoms with Crippen LogP contribution in [-0.2, 0) is 0 Å². The van der Waals surface area contributed by atoms with Crippen LogP contribution in [0, 0.1) is 11.3 Å². The molecule has 0 amide bonds. The largest absolute Gasteiger partial charge is 0.489 e. The third kappa shape index (κ3) is 3.74. The van der Waals surface area contributed by atoms with E-state index >= 15 is 0 Å². The Morgan fingerprint density at radius 3 is 2.41 bits per heavy atom. The third-order valence-corrected chi connectivity index (χ3v) is 3.21. The maximum Gasteiger partial charge on any atom is 0.140 e. The molecule has 1 aromatic heterocycles. The highest BCUT2D eigenvalue weighted by Crippen LogP contribution is 2.21. The lowest BCUT2D eigenvalue weighted by Gasteiger charge is -2.21. The Kier molecular flexibility index (Phi) is 4.37. The fourth-order valence-corrected chi connectivity index (χ4v) is 2.25. The summed E-state index contributed by atoms with van der Waals surface area (Å²) in [6.07, 6.45) is 10.8. The molecule has 0 saturated heterocycles. The van der Waals surface area contributed by atoms with Crippen molar-refractivity contribution in [3.63, 3.8) is 0 Å². The Bertz CT molecular complexity index is 372. The Morgan fingerprint density at radius 2 is 1.82 bits per heavy atom. The summed E-state index contributed by atoms with van der Waals surface area (Å²) in [5.74, 6) is 0.787. The van der Waals surface area contributed by atoms with Gasteiger partial charge in [0.05, 0.1) is 12.3 Å². The van der Waals surface area contributed by atoms with Gasteiger partial charge >= 0.3 is 0 Å². The van der Waals surface area contributed by atoms with Crippen LogP contribution < -0.4 is 4.74 Å². The molecule has 1 saturated carbocycles. The topological polar surface area (TPSA) is 45.9 Å². The second-order valence-corrected chi connectivity index (χ2v) is 4.58. The standard InChI is InChI=1S/C14H18N2O/c15-10-12-8-9-14(11-16-12)17-13-6-4-2-1-3-5-7-13/h8-9,11,13H,1-7H2. The Hall–Kier alpha value is -1.56. The normalized spacial score (nSPS) is 17.8. The van der Waals surface area contributed by atoms with E-state index in [0.717, 1.165) is 18.6 Å². The molecule has 90 valence electrons. The summed E-state index contributed by atoms with van der Waals surface area (Å²) in [6.45, 7) is 0. The van der Waals surface area contributed by atoms with Crippen LogP contribution in [-0.4, -0.2) is 11.1 Å². The zero-order chi connectivity index (χ0) is 11.9. The summed E-state index contributed by atoms with van der Waals surface area (Å²) in [5, 5.41) is 8.67. The van der Waals surface area contributed by atoms with Gasteiger partial charge in [-0.25, -0.2) is 4.98 Å². The molecule has 1 aliphatic rings. The minimum Gasteiger partial charge on any atom is -0.489 e. The number of rotatable bonds is 2. The molecule has 0 atom stereocenters. The quantitative estimate of drug-likeness (QED) is 0.781. The number of nitrogens with zero attached hydrogens (tertiary/aromatic N) is 2. The maximum atomic E-state index is 8.67. The van der Waals surface area contributed by atoms with Gasteiger partial charge in [-0.3, -0.25) is 0 Å². The van der Waals surface area contributed by atoms with Crippen LogP contribution >= 0.6 is 0 Å². The fraction of sp³-hybridized carbons (Fsp3) is 0.571. The van der Waals surface area contributed by atoms with Crippen molar-refractivity contribution in [2.24, 2.45) is 0 Å². The number of nitriles is 1. The van der Waals surface area contributed by atoms with Crippen LogP contribution in [0.1, 0.15) is 50.6 Å². The molecule has 1 heterocycles. The first-order chi connectivity index (χ1) is 8.38. The van der Waals surface area contributed by atoms with E-state index in [1.54, 1.807) is 12.3 Å². The number of hydrogen-bond acceptors (Lipinski definition) is 3. The summed E-state index contributed by atoms with van der Waals surface area (Å²) in [4.78, 5) is 4.02. The summed E-state index contributed by atoms with van der Waals surface area (Å²) in [7, 11) is 0. The first-order valence-electron chi connectivity index (χ1n) is 6.41. The molecule has 1 aromatic rings. The first kappa shape index (κ1) is 11.9. The average molecular weight is 230 g/mol. The molecule has 1 aliphatic carbocycles. The van der Waals surface area contributed by atoms with Gasteiger partial charge in [-0.15, -0.1) is 0 Å². The summed E-state index contributed by atoms with van der Waals surface area (Å²) in [6, 6.07) is 5.55. The zero-order valence-corrected chi connectivity index (χ0v) is 10.1. The minimum atomic E-state index is 0.324. The minimum absolute atomic E-state index is 0.324. The molecule has 17 heavy (non-hydrogen) atoms. The van der Waals surface area contributed by atoms with Crippen molar-refractivity contribution in [3.8, 4) is 11.8 Å². The van der Waals surface area contributed by atoms with Crippen LogP contribution in [0.4, 0.5) is 0 Å². The molecular formula is C14H18N2O. The molecule has 0 bridgehead atoms. The zero-order valence-electron chi connectivity index (χ0n) is 10.1. The molecule has 2 rings (SSSR count). The second-order valence-electron chi connectivity index (χ2n) is 4.58. The van der Waals surface area contributed by atoms with E-state index in [2.05, 4.69) is 4.98 Å². The van der Waals surface area contributed by atoms with Crippen molar-refractivity contribution in [1.29, 1.82) is 5.26 Å². The molecule has 0 spiro atoms. The third-order valence-electron chi connectivity index (χ3n) is 3.21.